The van der Waals surface area contributed by atoms with Gasteiger partial charge in [0, 0.05) is 25.0 Å². The fourth-order valence-electron chi connectivity index (χ4n) is 4.15. The van der Waals surface area contributed by atoms with E-state index in [1.54, 1.807) is 0 Å². The second-order valence-corrected chi connectivity index (χ2v) is 12.2. The van der Waals surface area contributed by atoms with Crippen LogP contribution in [0, 0.1) is 0 Å². The minimum absolute atomic E-state index is 0.206. The molecule has 9 heteroatoms. The topological polar surface area (TPSA) is 107 Å². The molecule has 37 heavy (non-hydrogen) atoms. The summed E-state index contributed by atoms with van der Waals surface area (Å²) in [5, 5.41) is 0. The standard InChI is InChI=1S/C28H53NO7S/c1-4-5-6-7-8-9-10-11-12-13-14-15-16-17-24-35-27(30)20-21-28(31)36-25-18-22-29(2,3)23-19-26-37(32,33)34/h20-21H,4-19,22-26H2,1-3H3/p+1/b21-20-. The van der Waals surface area contributed by atoms with Crippen molar-refractivity contribution in [2.24, 2.45) is 0 Å². The first-order valence-corrected chi connectivity index (χ1v) is 16.0. The molecule has 0 aliphatic carbocycles. The number of carbonyl (C=O) groups is 2. The molecule has 1 N–H and O–H groups in total. The summed E-state index contributed by atoms with van der Waals surface area (Å²) in [5.41, 5.74) is 0. The second kappa shape index (κ2) is 22.5. The van der Waals surface area contributed by atoms with Gasteiger partial charge in [-0.3, -0.25) is 4.55 Å². The summed E-state index contributed by atoms with van der Waals surface area (Å²) in [6.07, 6.45) is 20.9. The zero-order valence-corrected chi connectivity index (χ0v) is 24.6. The van der Waals surface area contributed by atoms with Gasteiger partial charge in [0.1, 0.15) is 0 Å². The first-order valence-electron chi connectivity index (χ1n) is 14.3. The Labute approximate surface area is 226 Å². The molecule has 0 saturated heterocycles. The van der Waals surface area contributed by atoms with E-state index >= 15 is 0 Å². The Kier molecular flexibility index (Phi) is 21.6. The lowest BCUT2D eigenvalue weighted by Gasteiger charge is -2.29. The van der Waals surface area contributed by atoms with Crippen molar-refractivity contribution in [3.05, 3.63) is 12.2 Å². The van der Waals surface area contributed by atoms with Gasteiger partial charge in [-0.05, 0) is 6.42 Å². The quantitative estimate of drug-likeness (QED) is 0.0501. The zero-order valence-electron chi connectivity index (χ0n) is 23.8. The summed E-state index contributed by atoms with van der Waals surface area (Å²) in [6, 6.07) is 0. The predicted octanol–water partition coefficient (Wildman–Crippen LogP) is 5.85. The molecule has 218 valence electrons. The third kappa shape index (κ3) is 27.4. The largest absolute Gasteiger partial charge is 0.463 e. The lowest BCUT2D eigenvalue weighted by atomic mass is 10.0. The van der Waals surface area contributed by atoms with Crippen LogP contribution in [0.3, 0.4) is 0 Å². The molecule has 0 radical (unpaired) electrons. The molecule has 0 spiro atoms. The highest BCUT2D eigenvalue weighted by molar-refractivity contribution is 7.85. The summed E-state index contributed by atoms with van der Waals surface area (Å²) in [5.74, 6) is -1.39. The lowest BCUT2D eigenvalue weighted by molar-refractivity contribution is -0.890. The first-order chi connectivity index (χ1) is 17.6. The van der Waals surface area contributed by atoms with Gasteiger partial charge in [0.25, 0.3) is 10.1 Å². The molecule has 0 aromatic heterocycles. The van der Waals surface area contributed by atoms with Gasteiger partial charge in [0.2, 0.25) is 0 Å². The van der Waals surface area contributed by atoms with Crippen LogP contribution in [0.5, 0.6) is 0 Å². The van der Waals surface area contributed by atoms with Crippen LogP contribution in [0.2, 0.25) is 0 Å². The van der Waals surface area contributed by atoms with E-state index in [1.165, 1.54) is 70.6 Å². The maximum atomic E-state index is 11.8. The number of unbranched alkanes of at least 4 members (excludes halogenated alkanes) is 13. The highest BCUT2D eigenvalue weighted by Crippen LogP contribution is 2.13. The van der Waals surface area contributed by atoms with Crippen LogP contribution in [0.4, 0.5) is 0 Å². The van der Waals surface area contributed by atoms with E-state index in [2.05, 4.69) is 6.92 Å². The number of quaternary nitrogens is 1. The van der Waals surface area contributed by atoms with Crippen molar-refractivity contribution in [3.63, 3.8) is 0 Å². The van der Waals surface area contributed by atoms with Crippen molar-refractivity contribution in [2.45, 2.75) is 110 Å². The molecule has 0 saturated carbocycles. The molecular weight excluding hydrogens is 494 g/mol. The van der Waals surface area contributed by atoms with E-state index in [1.807, 2.05) is 14.1 Å². The van der Waals surface area contributed by atoms with E-state index in [-0.39, 0.29) is 12.4 Å². The average Bonchev–Trinajstić information content (AvgIpc) is 2.82. The average molecular weight is 549 g/mol. The first kappa shape index (κ1) is 35.5. The Balaban J connectivity index is 3.60. The van der Waals surface area contributed by atoms with Crippen LogP contribution in [-0.4, -0.2) is 75.5 Å². The molecule has 0 aliphatic heterocycles. The number of rotatable bonds is 25. The summed E-state index contributed by atoms with van der Waals surface area (Å²) < 4.78 is 41.2. The third-order valence-corrected chi connectivity index (χ3v) is 7.22. The molecule has 0 fully saturated rings. The molecule has 0 heterocycles. The number of carbonyl (C=O) groups excluding carboxylic acids is 2. The summed E-state index contributed by atoms with van der Waals surface area (Å²) >= 11 is 0. The van der Waals surface area contributed by atoms with Gasteiger partial charge in [-0.15, -0.1) is 0 Å². The monoisotopic (exact) mass is 548 g/mol. The fourth-order valence-corrected chi connectivity index (χ4v) is 4.65. The molecule has 0 aromatic rings. The van der Waals surface area contributed by atoms with E-state index < -0.39 is 22.1 Å². The van der Waals surface area contributed by atoms with Gasteiger partial charge in [-0.1, -0.05) is 90.4 Å². The number of nitrogens with zero attached hydrogens (tertiary/aromatic N) is 1. The number of esters is 2. The zero-order chi connectivity index (χ0) is 27.8. The highest BCUT2D eigenvalue weighted by atomic mass is 32.2. The summed E-state index contributed by atoms with van der Waals surface area (Å²) in [7, 11) is -0.0517. The molecule has 0 unspecified atom stereocenters. The van der Waals surface area contributed by atoms with Gasteiger partial charge in [0.05, 0.1) is 46.2 Å². The number of ether oxygens (including phenoxy) is 2. The number of hydrogen-bond donors (Lipinski definition) is 1. The van der Waals surface area contributed by atoms with Crippen molar-refractivity contribution < 1.29 is 36.5 Å². The lowest BCUT2D eigenvalue weighted by Crippen LogP contribution is -2.42. The Bertz CT molecular complexity index is 720. The van der Waals surface area contributed by atoms with Crippen molar-refractivity contribution in [1.29, 1.82) is 0 Å². The maximum absolute atomic E-state index is 11.8. The number of hydrogen-bond acceptors (Lipinski definition) is 6. The van der Waals surface area contributed by atoms with Crippen LogP contribution in [0.25, 0.3) is 0 Å². The SMILES string of the molecule is CCCCCCCCCCCCCCCCOC(=O)/C=C\C(=O)OCCC[N+](C)(C)CCCS(=O)(=O)O. The predicted molar refractivity (Wildman–Crippen MR) is 149 cm³/mol. The molecular formula is C28H54NO7S+. The third-order valence-electron chi connectivity index (χ3n) is 6.42. The van der Waals surface area contributed by atoms with E-state index in [0.29, 0.717) is 37.0 Å². The highest BCUT2D eigenvalue weighted by Gasteiger charge is 2.16. The maximum Gasteiger partial charge on any atom is 0.331 e. The van der Waals surface area contributed by atoms with Gasteiger partial charge in [-0.25, -0.2) is 9.59 Å². The Morgan fingerprint density at radius 2 is 1.03 bits per heavy atom. The van der Waals surface area contributed by atoms with Crippen molar-refractivity contribution in [1.82, 2.24) is 0 Å². The minimum atomic E-state index is -3.94. The minimum Gasteiger partial charge on any atom is -0.463 e. The molecule has 0 amide bonds. The smallest absolute Gasteiger partial charge is 0.331 e. The molecule has 0 rings (SSSR count). The van der Waals surface area contributed by atoms with Gasteiger partial charge >= 0.3 is 11.9 Å². The van der Waals surface area contributed by atoms with Crippen LogP contribution in [0.15, 0.2) is 12.2 Å². The molecule has 0 atom stereocenters. The van der Waals surface area contributed by atoms with Crippen LogP contribution < -0.4 is 0 Å². The Morgan fingerprint density at radius 1 is 0.649 bits per heavy atom. The van der Waals surface area contributed by atoms with E-state index in [4.69, 9.17) is 14.0 Å². The summed E-state index contributed by atoms with van der Waals surface area (Å²) in [6.45, 7) is 4.09. The molecule has 0 aromatic carbocycles. The fraction of sp³-hybridized carbons (Fsp3) is 0.857. The van der Waals surface area contributed by atoms with E-state index in [0.717, 1.165) is 31.4 Å². The van der Waals surface area contributed by atoms with Gasteiger partial charge in [0.15, 0.2) is 0 Å². The van der Waals surface area contributed by atoms with Crippen molar-refractivity contribution in [3.8, 4) is 0 Å². The Hall–Kier alpha value is -1.45. The van der Waals surface area contributed by atoms with Crippen LogP contribution in [0.1, 0.15) is 110 Å². The van der Waals surface area contributed by atoms with Crippen molar-refractivity contribution in [2.75, 3.05) is 46.2 Å². The Morgan fingerprint density at radius 3 is 1.46 bits per heavy atom. The molecule has 0 aliphatic rings. The molecule has 8 nitrogen and oxygen atoms in total. The van der Waals surface area contributed by atoms with Crippen molar-refractivity contribution >= 4 is 22.1 Å². The van der Waals surface area contributed by atoms with Crippen LogP contribution in [-0.2, 0) is 29.2 Å². The normalized spacial score (nSPS) is 12.2. The van der Waals surface area contributed by atoms with Gasteiger partial charge in [-0.2, -0.15) is 8.42 Å². The van der Waals surface area contributed by atoms with E-state index in [9.17, 15) is 18.0 Å². The second-order valence-electron chi connectivity index (χ2n) is 10.6. The van der Waals surface area contributed by atoms with Gasteiger partial charge < -0.3 is 14.0 Å². The van der Waals surface area contributed by atoms with Crippen LogP contribution >= 0.6 is 0 Å². The molecule has 0 bridgehead atoms. The summed E-state index contributed by atoms with van der Waals surface area (Å²) in [4.78, 5) is 23.5.